The number of halogens is 2. The molecule has 1 aliphatic heterocycles. The molecule has 0 bridgehead atoms. The molecule has 146 heavy (non-hydrogen) atoms. The third kappa shape index (κ3) is 39.8. The number of methoxy groups -OCH3 is 2. The SMILES string of the molecule is COc1cc(Nc2nc(NC(C)(C)C)ncc2C)ccc1F.COc1cccc(Nc2ccnc(NC(C)(C)C)n2)c1C.Cc1cc(Nc2nc(NC(C)(C)C)ncc2C)ccc1Cl.Cc1ccc(Nc2nc(NC(C)(C)C)ncc2C)cc1.Cc1cccc(Nc2nc(NC(C)(C)C)ncc2C)c1.Cc1cccc(Nc2nc(NC(C)(C)C)ncc2C)c1.Cc1cnc(NC(C)(C)C)nc1Nc1cccc2c1OCO2. The minimum Gasteiger partial charge on any atom is -0.496 e. The van der Waals surface area contributed by atoms with Gasteiger partial charge >= 0.3 is 0 Å². The Morgan fingerprint density at radius 3 is 0.973 bits per heavy atom. The van der Waals surface area contributed by atoms with Crippen molar-refractivity contribution >= 4 is 134 Å². The summed E-state index contributed by atoms with van der Waals surface area (Å²) in [5.74, 6) is 11.8. The van der Waals surface area contributed by atoms with Gasteiger partial charge in [0.15, 0.2) is 23.1 Å². The van der Waals surface area contributed by atoms with Crippen molar-refractivity contribution < 1.29 is 23.3 Å². The van der Waals surface area contributed by atoms with Crippen LogP contribution < -0.4 is 93.4 Å². The third-order valence-electron chi connectivity index (χ3n) is 20.0. The number of ether oxygens (including phenoxy) is 4. The van der Waals surface area contributed by atoms with Crippen molar-refractivity contribution in [3.05, 3.63) is 267 Å². The summed E-state index contributed by atoms with van der Waals surface area (Å²) in [5.41, 5.74) is 17.6. The second-order valence-electron chi connectivity index (χ2n) is 42.7. The fourth-order valence-electron chi connectivity index (χ4n) is 13.1. The fourth-order valence-corrected chi connectivity index (χ4v) is 13.2. The zero-order valence-electron chi connectivity index (χ0n) is 91.3. The molecule has 15 rings (SSSR count). The van der Waals surface area contributed by atoms with Crippen LogP contribution in [-0.4, -0.2) is 130 Å². The van der Waals surface area contributed by atoms with E-state index in [0.29, 0.717) is 58.9 Å². The number of anilines is 21. The smallest absolute Gasteiger partial charge is 0.231 e. The van der Waals surface area contributed by atoms with E-state index in [1.165, 1.54) is 29.9 Å². The zero-order valence-corrected chi connectivity index (χ0v) is 92.1. The Morgan fingerprint density at radius 2 is 0.610 bits per heavy atom. The molecule has 0 unspecified atom stereocenters. The van der Waals surface area contributed by atoms with E-state index in [0.717, 1.165) is 130 Å². The van der Waals surface area contributed by atoms with E-state index in [2.05, 4.69) is 326 Å². The maximum absolute atomic E-state index is 13.4. The third-order valence-corrected chi connectivity index (χ3v) is 20.4. The van der Waals surface area contributed by atoms with Crippen molar-refractivity contribution in [2.45, 2.75) is 260 Å². The molecule has 7 aromatic heterocycles. The summed E-state index contributed by atoms with van der Waals surface area (Å²) >= 11 is 6.05. The number of hydrogen-bond donors (Lipinski definition) is 14. The van der Waals surface area contributed by atoms with Gasteiger partial charge in [-0.3, -0.25) is 0 Å². The second-order valence-corrected chi connectivity index (χ2v) is 43.1. The van der Waals surface area contributed by atoms with E-state index in [9.17, 15) is 4.39 Å². The first kappa shape index (κ1) is 114. The van der Waals surface area contributed by atoms with Gasteiger partial charge in [0.1, 0.15) is 46.5 Å². The molecular weight excluding hydrogens is 1860 g/mol. The Bertz CT molecular complexity index is 6530. The van der Waals surface area contributed by atoms with Crippen LogP contribution in [0.5, 0.6) is 23.0 Å². The molecule has 0 spiro atoms. The van der Waals surface area contributed by atoms with Gasteiger partial charge in [0.2, 0.25) is 48.4 Å². The van der Waals surface area contributed by atoms with Crippen LogP contribution in [0.2, 0.25) is 5.02 Å². The van der Waals surface area contributed by atoms with Crippen LogP contribution in [0.4, 0.5) is 127 Å². The standard InChI is InChI=1S/C16H21ClN4.C16H21FN4O.C16H20N4O2.C16H22N4O.3C16H22N4/c1-10-8-12(6-7-13(10)17)19-14-11(2)9-18-15(20-14)21-16(3,4)5;1-10-9-18-15(21-16(2,3)4)20-14(10)19-11-6-7-12(17)13(8-11)22-5;1-10-8-17-15(20-16(2,3)4)19-14(10)18-11-6-5-7-12-13(11)22-9-21-12;1-11-12(7-6-8-13(11)21-5)18-14-9-10-17-15(19-14)20-16(2,3)4;1-11-6-8-13(9-7-11)18-14-12(2)10-17-15(19-14)20-16(3,4)5;2*1-11-7-6-8-13(9-11)18-14-12(2)10-17-15(19-14)20-16(3,4)5/h6-9H,1-5H3,(H2,18,19,20,21);6-9H,1-5H3,(H2,18,19,20,21);5-8H,9H2,1-4H3,(H2,17,18,19,20);6-10H,1-5H3,(H2,17,18,19,20);3*6-10H,1-5H3,(H2,17,18,19,20). The highest BCUT2D eigenvalue weighted by molar-refractivity contribution is 6.31. The Kier molecular flexibility index (Phi) is 39.8. The number of para-hydroxylation sites is 1. The van der Waals surface area contributed by atoms with Gasteiger partial charge in [-0.05, 0) is 335 Å². The summed E-state index contributed by atoms with van der Waals surface area (Å²) in [6.07, 6.45) is 12.6. The van der Waals surface area contributed by atoms with E-state index in [1.807, 2.05) is 198 Å². The largest absolute Gasteiger partial charge is 0.496 e. The van der Waals surface area contributed by atoms with Crippen LogP contribution in [-0.2, 0) is 0 Å². The van der Waals surface area contributed by atoms with E-state index < -0.39 is 5.82 Å². The van der Waals surface area contributed by atoms with Gasteiger partial charge < -0.3 is 93.4 Å². The highest BCUT2D eigenvalue weighted by atomic mass is 35.5. The summed E-state index contributed by atoms with van der Waals surface area (Å²) in [7, 11) is 3.10. The summed E-state index contributed by atoms with van der Waals surface area (Å²) in [5, 5.41) is 46.7. The summed E-state index contributed by atoms with van der Waals surface area (Å²) in [6.45, 7) is 65.8. The van der Waals surface area contributed by atoms with E-state index in [-0.39, 0.29) is 51.3 Å². The average Bonchev–Trinajstić information content (AvgIpc) is 1.66. The molecule has 14 N–H and O–H groups in total. The predicted molar refractivity (Wildman–Crippen MR) is 602 cm³/mol. The van der Waals surface area contributed by atoms with Gasteiger partial charge in [-0.2, -0.15) is 34.9 Å². The topological polar surface area (TPSA) is 386 Å². The van der Waals surface area contributed by atoms with E-state index in [1.54, 1.807) is 37.8 Å². The first-order chi connectivity index (χ1) is 68.3. The van der Waals surface area contributed by atoms with Crippen molar-refractivity contribution in [2.75, 3.05) is 95.4 Å². The second kappa shape index (κ2) is 50.8. The summed E-state index contributed by atoms with van der Waals surface area (Å²) in [4.78, 5) is 61.8. The van der Waals surface area contributed by atoms with Crippen LogP contribution >= 0.6 is 11.6 Å². The molecule has 0 radical (unpaired) electrons. The molecule has 32 nitrogen and oxygen atoms in total. The van der Waals surface area contributed by atoms with Crippen molar-refractivity contribution in [3.63, 3.8) is 0 Å². The molecule has 0 atom stereocenters. The van der Waals surface area contributed by atoms with Gasteiger partial charge in [-0.15, -0.1) is 0 Å². The molecule has 0 saturated heterocycles. The predicted octanol–water partition coefficient (Wildman–Crippen LogP) is 27.9. The molecular formula is C112H150ClFN28O4. The summed E-state index contributed by atoms with van der Waals surface area (Å²) in [6, 6.07) is 48.6. The Hall–Kier alpha value is -15.3. The highest BCUT2D eigenvalue weighted by Gasteiger charge is 2.24. The van der Waals surface area contributed by atoms with Gasteiger partial charge in [0, 0.05) is 166 Å². The van der Waals surface area contributed by atoms with E-state index in [4.69, 9.17) is 30.5 Å². The van der Waals surface area contributed by atoms with Crippen molar-refractivity contribution in [2.24, 2.45) is 0 Å². The normalized spacial score (nSPS) is 11.5. The van der Waals surface area contributed by atoms with Crippen LogP contribution in [0, 0.1) is 82.0 Å². The van der Waals surface area contributed by atoms with Crippen LogP contribution in [0.1, 0.15) is 207 Å². The maximum atomic E-state index is 13.4. The maximum Gasteiger partial charge on any atom is 0.231 e. The minimum absolute atomic E-state index is 0.0591. The lowest BCUT2D eigenvalue weighted by Crippen LogP contribution is -2.27. The van der Waals surface area contributed by atoms with Gasteiger partial charge in [0.25, 0.3) is 0 Å². The molecule has 1 aliphatic rings. The fraction of sp³-hybridized carbons (Fsp3) is 0.375. The highest BCUT2D eigenvalue weighted by Crippen LogP contribution is 2.41. The summed E-state index contributed by atoms with van der Waals surface area (Å²) < 4.78 is 34.7. The number of benzene rings is 7. The number of nitrogens with one attached hydrogen (secondary N) is 14. The van der Waals surface area contributed by atoms with Crippen molar-refractivity contribution in [3.8, 4) is 23.0 Å². The van der Waals surface area contributed by atoms with Gasteiger partial charge in [-0.25, -0.2) is 39.3 Å². The zero-order chi connectivity index (χ0) is 107. The monoisotopic (exact) mass is 2010 g/mol. The first-order valence-electron chi connectivity index (χ1n) is 48.4. The Morgan fingerprint density at radius 1 is 0.288 bits per heavy atom. The van der Waals surface area contributed by atoms with Gasteiger partial charge in [-0.1, -0.05) is 65.7 Å². The number of rotatable bonds is 23. The van der Waals surface area contributed by atoms with Crippen LogP contribution in [0.25, 0.3) is 0 Å². The molecule has 0 amide bonds. The first-order valence-corrected chi connectivity index (χ1v) is 48.8. The Labute approximate surface area is 867 Å². The molecule has 0 aliphatic carbocycles. The van der Waals surface area contributed by atoms with Crippen LogP contribution in [0.15, 0.2) is 195 Å². The molecule has 7 aromatic carbocycles. The quantitative estimate of drug-likeness (QED) is 0.0283. The Balaban J connectivity index is 0.000000190. The number of nitrogens with zero attached hydrogens (tertiary/aromatic N) is 14. The molecule has 8 heterocycles. The molecule has 0 saturated carbocycles. The minimum atomic E-state index is -0.400. The lowest BCUT2D eigenvalue weighted by molar-refractivity contribution is 0.174. The number of aryl methyl sites for hydroxylation is 10. The van der Waals surface area contributed by atoms with Crippen LogP contribution in [0.3, 0.4) is 0 Å². The lowest BCUT2D eigenvalue weighted by atomic mass is 10.1. The molecule has 0 fully saturated rings. The number of hydrogen-bond acceptors (Lipinski definition) is 32. The lowest BCUT2D eigenvalue weighted by Gasteiger charge is -2.21. The number of fused-ring (bicyclic) bond motifs is 1. The molecule has 776 valence electrons. The van der Waals surface area contributed by atoms with Gasteiger partial charge in [0.05, 0.1) is 19.9 Å². The molecule has 34 heteroatoms. The van der Waals surface area contributed by atoms with Crippen molar-refractivity contribution in [1.82, 2.24) is 69.8 Å². The van der Waals surface area contributed by atoms with Crippen molar-refractivity contribution in [1.29, 1.82) is 0 Å². The molecule has 14 aromatic rings. The average molecular weight is 2010 g/mol. The number of aromatic nitrogens is 14. The van der Waals surface area contributed by atoms with E-state index >= 15 is 0 Å².